The molecule has 0 aliphatic heterocycles. The Morgan fingerprint density at radius 2 is 1.65 bits per heavy atom. The molecule has 130 valence electrons. The Kier molecular flexibility index (Phi) is 5.28. The van der Waals surface area contributed by atoms with Gasteiger partial charge in [0.05, 0.1) is 23.7 Å². The molecule has 3 aromatic rings. The largest absolute Gasteiger partial charge is 0.294 e. The predicted octanol–water partition coefficient (Wildman–Crippen LogP) is 4.39. The van der Waals surface area contributed by atoms with Crippen LogP contribution in [0.15, 0.2) is 66.9 Å². The molecule has 0 unspecified atom stereocenters. The lowest BCUT2D eigenvalue weighted by atomic mass is 9.78. The van der Waals surface area contributed by atoms with Crippen LogP contribution in [0.4, 0.5) is 0 Å². The first-order chi connectivity index (χ1) is 12.6. The minimum atomic E-state index is -0.389. The lowest BCUT2D eigenvalue weighted by Gasteiger charge is -2.22. The fourth-order valence-corrected chi connectivity index (χ4v) is 3.27. The molecule has 0 aliphatic carbocycles. The van der Waals surface area contributed by atoms with E-state index < -0.39 is 0 Å². The highest BCUT2D eigenvalue weighted by Gasteiger charge is 2.28. The van der Waals surface area contributed by atoms with Crippen molar-refractivity contribution < 1.29 is 4.79 Å². The van der Waals surface area contributed by atoms with Crippen molar-refractivity contribution in [2.45, 2.75) is 25.2 Å². The van der Waals surface area contributed by atoms with Crippen LogP contribution in [0.3, 0.4) is 0 Å². The maximum Gasteiger partial charge on any atom is 0.166 e. The van der Waals surface area contributed by atoms with Gasteiger partial charge in [-0.05, 0) is 18.1 Å². The average Bonchev–Trinajstić information content (AvgIpc) is 3.02. The van der Waals surface area contributed by atoms with Crippen molar-refractivity contribution in [3.8, 4) is 6.07 Å². The molecule has 0 N–H and O–H groups in total. The van der Waals surface area contributed by atoms with Crippen LogP contribution in [0.5, 0.6) is 0 Å². The van der Waals surface area contributed by atoms with Gasteiger partial charge in [-0.15, -0.1) is 0 Å². The maximum atomic E-state index is 13.0. The summed E-state index contributed by atoms with van der Waals surface area (Å²) in [6, 6.07) is 21.9. The van der Waals surface area contributed by atoms with E-state index >= 15 is 0 Å². The van der Waals surface area contributed by atoms with Crippen molar-refractivity contribution in [2.24, 2.45) is 7.05 Å². The Hall–Kier alpha value is -3.19. The van der Waals surface area contributed by atoms with Gasteiger partial charge in [-0.25, -0.2) is 0 Å². The zero-order chi connectivity index (χ0) is 18.5. The van der Waals surface area contributed by atoms with Gasteiger partial charge in [-0.2, -0.15) is 10.4 Å². The lowest BCUT2D eigenvalue weighted by molar-refractivity contribution is 0.0971. The molecule has 1 heterocycles. The second-order valence-corrected chi connectivity index (χ2v) is 6.43. The minimum Gasteiger partial charge on any atom is -0.294 e. The molecule has 1 aromatic heterocycles. The number of hydrogen-bond acceptors (Lipinski definition) is 3. The number of nitriles is 1. The zero-order valence-corrected chi connectivity index (χ0v) is 15.0. The molecule has 0 spiro atoms. The van der Waals surface area contributed by atoms with Crippen LogP contribution in [0.25, 0.3) is 0 Å². The Bertz CT molecular complexity index is 923. The van der Waals surface area contributed by atoms with Gasteiger partial charge in [0.25, 0.3) is 0 Å². The topological polar surface area (TPSA) is 58.7 Å². The van der Waals surface area contributed by atoms with Crippen LogP contribution in [-0.4, -0.2) is 15.6 Å². The van der Waals surface area contributed by atoms with E-state index in [1.165, 1.54) is 0 Å². The van der Waals surface area contributed by atoms with Gasteiger partial charge in [-0.1, -0.05) is 60.7 Å². The number of aromatic nitrogens is 2. The van der Waals surface area contributed by atoms with E-state index in [0.717, 1.165) is 16.8 Å². The average molecular weight is 343 g/mol. The molecule has 4 heteroatoms. The molecule has 3 rings (SSSR count). The van der Waals surface area contributed by atoms with E-state index in [9.17, 15) is 10.1 Å². The van der Waals surface area contributed by atoms with Crippen molar-refractivity contribution in [1.29, 1.82) is 5.26 Å². The third-order valence-electron chi connectivity index (χ3n) is 4.87. The van der Waals surface area contributed by atoms with E-state index in [-0.39, 0.29) is 24.0 Å². The van der Waals surface area contributed by atoms with Gasteiger partial charge in [0.15, 0.2) is 5.78 Å². The summed E-state index contributed by atoms with van der Waals surface area (Å²) in [4.78, 5) is 13.0. The first kappa shape index (κ1) is 17.6. The molecule has 26 heavy (non-hydrogen) atoms. The number of benzene rings is 2. The molecule has 2 atom stereocenters. The number of nitrogens with zero attached hydrogens (tertiary/aromatic N) is 3. The van der Waals surface area contributed by atoms with Crippen molar-refractivity contribution in [3.63, 3.8) is 0 Å². The van der Waals surface area contributed by atoms with E-state index in [1.807, 2.05) is 74.6 Å². The summed E-state index contributed by atoms with van der Waals surface area (Å²) in [5.74, 6) is -0.587. The zero-order valence-electron chi connectivity index (χ0n) is 15.0. The quantitative estimate of drug-likeness (QED) is 0.624. The van der Waals surface area contributed by atoms with E-state index in [1.54, 1.807) is 10.9 Å². The highest BCUT2D eigenvalue weighted by atomic mass is 16.1. The molecule has 0 aliphatic rings. The van der Waals surface area contributed by atoms with Gasteiger partial charge in [0.1, 0.15) is 0 Å². The summed E-state index contributed by atoms with van der Waals surface area (Å²) in [6.45, 7) is 1.89. The summed E-state index contributed by atoms with van der Waals surface area (Å²) in [5, 5.41) is 14.0. The first-order valence-corrected chi connectivity index (χ1v) is 8.63. The van der Waals surface area contributed by atoms with Gasteiger partial charge >= 0.3 is 0 Å². The van der Waals surface area contributed by atoms with Gasteiger partial charge in [0, 0.05) is 25.1 Å². The molecule has 2 aromatic carbocycles. The van der Waals surface area contributed by atoms with Crippen molar-refractivity contribution in [3.05, 3.63) is 89.2 Å². The van der Waals surface area contributed by atoms with E-state index in [4.69, 9.17) is 0 Å². The summed E-state index contributed by atoms with van der Waals surface area (Å²) < 4.78 is 1.70. The first-order valence-electron chi connectivity index (χ1n) is 8.63. The van der Waals surface area contributed by atoms with E-state index in [0.29, 0.717) is 5.56 Å². The summed E-state index contributed by atoms with van der Waals surface area (Å²) >= 11 is 0. The molecular weight excluding hydrogens is 322 g/mol. The summed E-state index contributed by atoms with van der Waals surface area (Å²) in [5.41, 5.74) is 3.39. The molecular formula is C22H21N3O. The van der Waals surface area contributed by atoms with Gasteiger partial charge < -0.3 is 0 Å². The minimum absolute atomic E-state index is 0.0145. The van der Waals surface area contributed by atoms with Gasteiger partial charge in [-0.3, -0.25) is 9.48 Å². The third kappa shape index (κ3) is 3.57. The Labute approximate surface area is 153 Å². The van der Waals surface area contributed by atoms with E-state index in [2.05, 4.69) is 11.2 Å². The third-order valence-corrected chi connectivity index (χ3v) is 4.87. The summed E-state index contributed by atoms with van der Waals surface area (Å²) in [6.07, 6.45) is 1.88. The fourth-order valence-electron chi connectivity index (χ4n) is 3.27. The van der Waals surface area contributed by atoms with Crippen LogP contribution < -0.4 is 0 Å². The monoisotopic (exact) mass is 343 g/mol. The Balaban J connectivity index is 1.98. The van der Waals surface area contributed by atoms with Crippen LogP contribution in [0, 0.1) is 18.3 Å². The highest BCUT2D eigenvalue weighted by Crippen LogP contribution is 2.36. The number of Topliss-reactive ketones (excluding diaryl/α,β-unsaturated/α-hetero) is 1. The molecule has 0 amide bonds. The SMILES string of the molecule is Cc1c(C(=O)C[C@H](c2ccccc2)[C@H](C#N)c2ccccc2)cnn1C. The van der Waals surface area contributed by atoms with Gasteiger partial charge in [0.2, 0.25) is 0 Å². The lowest BCUT2D eigenvalue weighted by Crippen LogP contribution is -2.15. The predicted molar refractivity (Wildman–Crippen MR) is 101 cm³/mol. The molecule has 0 fully saturated rings. The number of carbonyl (C=O) groups excluding carboxylic acids is 1. The molecule has 0 bridgehead atoms. The molecule has 0 radical (unpaired) electrons. The van der Waals surface area contributed by atoms with Crippen LogP contribution in [-0.2, 0) is 7.05 Å². The van der Waals surface area contributed by atoms with Crippen LogP contribution in [0.2, 0.25) is 0 Å². The maximum absolute atomic E-state index is 13.0. The number of aryl methyl sites for hydroxylation is 1. The van der Waals surface area contributed by atoms with Crippen LogP contribution >= 0.6 is 0 Å². The number of rotatable bonds is 6. The summed E-state index contributed by atoms with van der Waals surface area (Å²) in [7, 11) is 1.82. The Morgan fingerprint density at radius 3 is 2.15 bits per heavy atom. The fraction of sp³-hybridized carbons (Fsp3) is 0.227. The number of ketones is 1. The number of carbonyl (C=O) groups is 1. The van der Waals surface area contributed by atoms with Crippen molar-refractivity contribution in [1.82, 2.24) is 9.78 Å². The normalized spacial score (nSPS) is 13.0. The highest BCUT2D eigenvalue weighted by molar-refractivity contribution is 5.97. The van der Waals surface area contributed by atoms with Crippen LogP contribution in [0.1, 0.15) is 45.4 Å². The molecule has 0 saturated carbocycles. The second-order valence-electron chi connectivity index (χ2n) is 6.43. The second kappa shape index (κ2) is 7.79. The molecule has 4 nitrogen and oxygen atoms in total. The van der Waals surface area contributed by atoms with Crippen molar-refractivity contribution >= 4 is 5.78 Å². The van der Waals surface area contributed by atoms with Crippen molar-refractivity contribution in [2.75, 3.05) is 0 Å². The number of hydrogen-bond donors (Lipinski definition) is 0. The Morgan fingerprint density at radius 1 is 1.08 bits per heavy atom. The smallest absolute Gasteiger partial charge is 0.166 e. The standard InChI is InChI=1S/C22H21N3O/c1-16-21(15-24-25(16)2)22(26)13-19(17-9-5-3-6-10-17)20(14-23)18-11-7-4-8-12-18/h3-12,15,19-20H,13H2,1-2H3/t19-,20-/m1/s1. The molecule has 0 saturated heterocycles.